The number of aliphatic hydroxyl groups excluding tert-OH is 1. The van der Waals surface area contributed by atoms with Crippen molar-refractivity contribution < 1.29 is 9.50 Å². The molecule has 0 aliphatic carbocycles. The van der Waals surface area contributed by atoms with Gasteiger partial charge in [0.2, 0.25) is 0 Å². The zero-order valence-corrected chi connectivity index (χ0v) is 10.6. The Hall–Kier alpha value is -1.13. The molecule has 100 valence electrons. The highest BCUT2D eigenvalue weighted by atomic mass is 19.1. The van der Waals surface area contributed by atoms with Gasteiger partial charge in [-0.2, -0.15) is 0 Å². The van der Waals surface area contributed by atoms with E-state index >= 15 is 0 Å². The number of anilines is 1. The number of nitrogens with zero attached hydrogens (tertiary/aromatic N) is 1. The SMILES string of the molecule is Nc1cc(F)cc(CN2CCCCCC2CO)c1. The molecule has 1 unspecified atom stereocenters. The summed E-state index contributed by atoms with van der Waals surface area (Å²) in [6.07, 6.45) is 4.52. The molecule has 3 nitrogen and oxygen atoms in total. The molecule has 18 heavy (non-hydrogen) atoms. The Morgan fingerprint density at radius 2 is 2.11 bits per heavy atom. The molecule has 0 aromatic heterocycles. The summed E-state index contributed by atoms with van der Waals surface area (Å²) in [6.45, 7) is 1.79. The van der Waals surface area contributed by atoms with E-state index < -0.39 is 0 Å². The molecule has 0 bridgehead atoms. The molecule has 4 heteroatoms. The molecular weight excluding hydrogens is 231 g/mol. The highest BCUT2D eigenvalue weighted by molar-refractivity contribution is 5.41. The number of rotatable bonds is 3. The molecule has 1 atom stereocenters. The Kier molecular flexibility index (Phi) is 4.55. The first-order valence-corrected chi connectivity index (χ1v) is 6.59. The highest BCUT2D eigenvalue weighted by Crippen LogP contribution is 2.20. The molecule has 1 aliphatic rings. The smallest absolute Gasteiger partial charge is 0.125 e. The summed E-state index contributed by atoms with van der Waals surface area (Å²) in [5.41, 5.74) is 7.00. The van der Waals surface area contributed by atoms with E-state index in [0.29, 0.717) is 12.2 Å². The maximum absolute atomic E-state index is 13.3. The van der Waals surface area contributed by atoms with Crippen LogP contribution in [-0.2, 0) is 6.54 Å². The van der Waals surface area contributed by atoms with Crippen LogP contribution in [0.4, 0.5) is 10.1 Å². The van der Waals surface area contributed by atoms with Crippen LogP contribution in [0.5, 0.6) is 0 Å². The van der Waals surface area contributed by atoms with Gasteiger partial charge >= 0.3 is 0 Å². The first-order chi connectivity index (χ1) is 8.69. The normalized spacial score (nSPS) is 21.8. The quantitative estimate of drug-likeness (QED) is 0.810. The van der Waals surface area contributed by atoms with Crippen molar-refractivity contribution in [3.05, 3.63) is 29.6 Å². The van der Waals surface area contributed by atoms with Gasteiger partial charge in [-0.1, -0.05) is 12.8 Å². The van der Waals surface area contributed by atoms with Crippen LogP contribution < -0.4 is 5.73 Å². The number of benzene rings is 1. The predicted octanol–water partition coefficient (Wildman–Crippen LogP) is 2.14. The highest BCUT2D eigenvalue weighted by Gasteiger charge is 2.20. The zero-order chi connectivity index (χ0) is 13.0. The zero-order valence-electron chi connectivity index (χ0n) is 10.6. The molecule has 1 aromatic rings. The Balaban J connectivity index is 2.09. The molecule has 1 fully saturated rings. The van der Waals surface area contributed by atoms with Crippen LogP contribution in [0, 0.1) is 5.82 Å². The lowest BCUT2D eigenvalue weighted by molar-refractivity contribution is 0.118. The monoisotopic (exact) mass is 252 g/mol. The number of nitrogen functional groups attached to an aromatic ring is 1. The fourth-order valence-electron chi connectivity index (χ4n) is 2.65. The summed E-state index contributed by atoms with van der Waals surface area (Å²) in [5.74, 6) is -0.291. The second-order valence-corrected chi connectivity index (χ2v) is 5.05. The van der Waals surface area contributed by atoms with Gasteiger partial charge in [0.1, 0.15) is 5.82 Å². The number of nitrogens with two attached hydrogens (primary N) is 1. The average Bonchev–Trinajstić information content (AvgIpc) is 2.52. The second-order valence-electron chi connectivity index (χ2n) is 5.05. The Labute approximate surface area is 107 Å². The van der Waals surface area contributed by atoms with E-state index in [1.165, 1.54) is 18.6 Å². The van der Waals surface area contributed by atoms with Gasteiger partial charge in [0.05, 0.1) is 6.61 Å². The Morgan fingerprint density at radius 3 is 2.83 bits per heavy atom. The van der Waals surface area contributed by atoms with Crippen LogP contribution in [-0.4, -0.2) is 29.2 Å². The summed E-state index contributed by atoms with van der Waals surface area (Å²) in [7, 11) is 0. The third-order valence-electron chi connectivity index (χ3n) is 3.58. The lowest BCUT2D eigenvalue weighted by Gasteiger charge is -2.28. The van der Waals surface area contributed by atoms with Crippen molar-refractivity contribution in [2.75, 3.05) is 18.9 Å². The minimum atomic E-state index is -0.291. The van der Waals surface area contributed by atoms with E-state index in [1.54, 1.807) is 0 Å². The van der Waals surface area contributed by atoms with Crippen molar-refractivity contribution in [2.45, 2.75) is 38.3 Å². The van der Waals surface area contributed by atoms with Gasteiger partial charge in [-0.3, -0.25) is 4.90 Å². The molecule has 1 aromatic carbocycles. The minimum Gasteiger partial charge on any atom is -0.399 e. The van der Waals surface area contributed by atoms with Crippen molar-refractivity contribution in [3.8, 4) is 0 Å². The Morgan fingerprint density at radius 1 is 1.28 bits per heavy atom. The van der Waals surface area contributed by atoms with Crippen molar-refractivity contribution >= 4 is 5.69 Å². The largest absolute Gasteiger partial charge is 0.399 e. The van der Waals surface area contributed by atoms with E-state index in [2.05, 4.69) is 4.90 Å². The maximum Gasteiger partial charge on any atom is 0.125 e. The average molecular weight is 252 g/mol. The van der Waals surface area contributed by atoms with Gasteiger partial charge in [0, 0.05) is 18.3 Å². The number of halogens is 1. The number of likely N-dealkylation sites (tertiary alicyclic amines) is 1. The molecule has 0 radical (unpaired) electrons. The number of aliphatic hydroxyl groups is 1. The first-order valence-electron chi connectivity index (χ1n) is 6.59. The van der Waals surface area contributed by atoms with Gasteiger partial charge in [-0.25, -0.2) is 4.39 Å². The molecule has 1 heterocycles. The molecule has 1 saturated heterocycles. The summed E-state index contributed by atoms with van der Waals surface area (Å²) in [6, 6.07) is 4.85. The Bertz CT molecular complexity index is 377. The van der Waals surface area contributed by atoms with Crippen molar-refractivity contribution in [1.29, 1.82) is 0 Å². The minimum absolute atomic E-state index is 0.171. The van der Waals surface area contributed by atoms with Crippen LogP contribution in [0.25, 0.3) is 0 Å². The van der Waals surface area contributed by atoms with Crippen molar-refractivity contribution in [1.82, 2.24) is 4.90 Å². The lowest BCUT2D eigenvalue weighted by Crippen LogP contribution is -2.36. The molecule has 0 amide bonds. The summed E-state index contributed by atoms with van der Waals surface area (Å²) in [5, 5.41) is 9.43. The topological polar surface area (TPSA) is 49.5 Å². The van der Waals surface area contributed by atoms with E-state index in [9.17, 15) is 9.50 Å². The van der Waals surface area contributed by atoms with E-state index in [0.717, 1.165) is 31.4 Å². The third-order valence-corrected chi connectivity index (χ3v) is 3.58. The standard InChI is InChI=1S/C14H21FN2O/c15-12-6-11(7-13(16)8-12)9-17-5-3-1-2-4-14(17)10-18/h6-8,14,18H,1-5,9-10,16H2. The van der Waals surface area contributed by atoms with Gasteiger partial charge in [0.15, 0.2) is 0 Å². The fourth-order valence-corrected chi connectivity index (χ4v) is 2.65. The van der Waals surface area contributed by atoms with Crippen LogP contribution in [0.15, 0.2) is 18.2 Å². The summed E-state index contributed by atoms with van der Waals surface area (Å²) >= 11 is 0. The maximum atomic E-state index is 13.3. The molecule has 2 rings (SSSR count). The fraction of sp³-hybridized carbons (Fsp3) is 0.571. The summed E-state index contributed by atoms with van der Waals surface area (Å²) in [4.78, 5) is 2.24. The van der Waals surface area contributed by atoms with Gasteiger partial charge in [-0.05, 0) is 43.1 Å². The van der Waals surface area contributed by atoms with E-state index in [1.807, 2.05) is 6.07 Å². The number of hydrogen-bond acceptors (Lipinski definition) is 3. The van der Waals surface area contributed by atoms with Crippen LogP contribution in [0.2, 0.25) is 0 Å². The first kappa shape index (κ1) is 13.3. The van der Waals surface area contributed by atoms with Crippen LogP contribution in [0.3, 0.4) is 0 Å². The molecular formula is C14H21FN2O. The molecule has 0 spiro atoms. The van der Waals surface area contributed by atoms with Crippen molar-refractivity contribution in [3.63, 3.8) is 0 Å². The molecule has 1 aliphatic heterocycles. The molecule has 0 saturated carbocycles. The lowest BCUT2D eigenvalue weighted by atomic mass is 10.1. The predicted molar refractivity (Wildman–Crippen MR) is 70.6 cm³/mol. The third kappa shape index (κ3) is 3.43. The van der Waals surface area contributed by atoms with Crippen LogP contribution in [0.1, 0.15) is 31.2 Å². The van der Waals surface area contributed by atoms with E-state index in [4.69, 9.17) is 5.73 Å². The van der Waals surface area contributed by atoms with Crippen molar-refractivity contribution in [2.24, 2.45) is 0 Å². The van der Waals surface area contributed by atoms with E-state index in [-0.39, 0.29) is 18.5 Å². The number of hydrogen-bond donors (Lipinski definition) is 2. The molecule has 3 N–H and O–H groups in total. The second kappa shape index (κ2) is 6.16. The van der Waals surface area contributed by atoms with Gasteiger partial charge < -0.3 is 10.8 Å². The summed E-state index contributed by atoms with van der Waals surface area (Å²) < 4.78 is 13.3. The van der Waals surface area contributed by atoms with Gasteiger partial charge in [0.25, 0.3) is 0 Å². The van der Waals surface area contributed by atoms with Gasteiger partial charge in [-0.15, -0.1) is 0 Å². The van der Waals surface area contributed by atoms with Crippen LogP contribution >= 0.6 is 0 Å².